The van der Waals surface area contributed by atoms with Gasteiger partial charge in [0.05, 0.1) is 31.1 Å². The van der Waals surface area contributed by atoms with Crippen LogP contribution in [0.3, 0.4) is 0 Å². The van der Waals surface area contributed by atoms with Crippen molar-refractivity contribution in [1.82, 2.24) is 30.7 Å². The van der Waals surface area contributed by atoms with Gasteiger partial charge in [-0.1, -0.05) is 10.3 Å². The number of aryl methyl sites for hydroxylation is 2. The summed E-state index contributed by atoms with van der Waals surface area (Å²) in [7, 11) is 0. The molecule has 0 saturated carbocycles. The van der Waals surface area contributed by atoms with E-state index in [4.69, 9.17) is 19.7 Å². The predicted molar refractivity (Wildman–Crippen MR) is 84.2 cm³/mol. The fraction of sp³-hybridized carbons (Fsp3) is 0.643. The van der Waals surface area contributed by atoms with Crippen LogP contribution in [-0.4, -0.2) is 56.6 Å². The van der Waals surface area contributed by atoms with Gasteiger partial charge in [0, 0.05) is 12.2 Å². The van der Waals surface area contributed by atoms with Crippen LogP contribution >= 0.6 is 0 Å². The number of amides is 1. The highest BCUT2D eigenvalue weighted by Crippen LogP contribution is 2.18. The van der Waals surface area contributed by atoms with Crippen molar-refractivity contribution >= 4 is 11.9 Å². The van der Waals surface area contributed by atoms with Crippen molar-refractivity contribution in [3.05, 3.63) is 17.0 Å². The van der Waals surface area contributed by atoms with E-state index in [0.717, 1.165) is 17.0 Å². The third-order valence-corrected chi connectivity index (χ3v) is 4.12. The summed E-state index contributed by atoms with van der Waals surface area (Å²) >= 11 is 0. The number of nitrogen functional groups attached to an aromatic ring is 1. The van der Waals surface area contributed by atoms with Crippen molar-refractivity contribution in [2.45, 2.75) is 45.6 Å². The number of aromatic nitrogens is 5. The fourth-order valence-electron chi connectivity index (χ4n) is 2.66. The minimum Gasteiger partial charge on any atom is -0.379 e. The van der Waals surface area contributed by atoms with Crippen molar-refractivity contribution in [3.8, 4) is 0 Å². The summed E-state index contributed by atoms with van der Waals surface area (Å²) in [6.07, 6.45) is 0.513. The number of rotatable bonds is 6. The SMILES string of the molecule is Cc1noc(C)c1CO[C@H]1CCOC[C@H]1NC(=O)Cn1nnnc1N. The van der Waals surface area contributed by atoms with E-state index in [2.05, 4.69) is 26.0 Å². The zero-order valence-electron chi connectivity index (χ0n) is 14.1. The fourth-order valence-corrected chi connectivity index (χ4v) is 2.66. The van der Waals surface area contributed by atoms with E-state index in [1.54, 1.807) is 0 Å². The van der Waals surface area contributed by atoms with Crippen molar-refractivity contribution < 1.29 is 18.8 Å². The third-order valence-electron chi connectivity index (χ3n) is 4.12. The quantitative estimate of drug-likeness (QED) is 0.693. The molecule has 3 rings (SSSR count). The smallest absolute Gasteiger partial charge is 0.242 e. The van der Waals surface area contributed by atoms with E-state index in [0.29, 0.717) is 26.2 Å². The second-order valence-corrected chi connectivity index (χ2v) is 5.88. The molecule has 2 atom stereocenters. The summed E-state index contributed by atoms with van der Waals surface area (Å²) in [5, 5.41) is 17.4. The Morgan fingerprint density at radius 2 is 2.32 bits per heavy atom. The van der Waals surface area contributed by atoms with Gasteiger partial charge in [0.2, 0.25) is 11.9 Å². The molecule has 25 heavy (non-hydrogen) atoms. The van der Waals surface area contributed by atoms with Gasteiger partial charge in [-0.15, -0.1) is 0 Å². The van der Waals surface area contributed by atoms with Crippen molar-refractivity contribution in [1.29, 1.82) is 0 Å². The van der Waals surface area contributed by atoms with E-state index in [9.17, 15) is 4.79 Å². The molecule has 2 aromatic heterocycles. The molecule has 0 spiro atoms. The van der Waals surface area contributed by atoms with E-state index < -0.39 is 0 Å². The van der Waals surface area contributed by atoms with Crippen molar-refractivity contribution in [2.24, 2.45) is 0 Å². The van der Waals surface area contributed by atoms with Gasteiger partial charge >= 0.3 is 0 Å². The Hall–Kier alpha value is -2.53. The number of nitrogens with one attached hydrogen (secondary N) is 1. The van der Waals surface area contributed by atoms with Crippen LogP contribution in [0.1, 0.15) is 23.4 Å². The summed E-state index contributed by atoms with van der Waals surface area (Å²) in [4.78, 5) is 12.2. The summed E-state index contributed by atoms with van der Waals surface area (Å²) in [5.74, 6) is 0.556. The summed E-state index contributed by atoms with van der Waals surface area (Å²) in [5.41, 5.74) is 7.30. The minimum absolute atomic E-state index is 0.0636. The zero-order valence-corrected chi connectivity index (χ0v) is 14.1. The maximum Gasteiger partial charge on any atom is 0.242 e. The van der Waals surface area contributed by atoms with Gasteiger partial charge in [-0.05, 0) is 30.7 Å². The zero-order chi connectivity index (χ0) is 17.8. The Bertz CT molecular complexity index is 709. The van der Waals surface area contributed by atoms with Gasteiger partial charge in [-0.3, -0.25) is 4.79 Å². The summed E-state index contributed by atoms with van der Waals surface area (Å²) < 4.78 is 17.8. The van der Waals surface area contributed by atoms with Gasteiger partial charge in [0.1, 0.15) is 12.3 Å². The number of hydrogen-bond donors (Lipinski definition) is 2. The van der Waals surface area contributed by atoms with E-state index >= 15 is 0 Å². The number of ether oxygens (including phenoxy) is 2. The Morgan fingerprint density at radius 3 is 3.00 bits per heavy atom. The molecule has 3 N–H and O–H groups in total. The van der Waals surface area contributed by atoms with Gasteiger partial charge in [-0.2, -0.15) is 0 Å². The molecular formula is C14H21N7O4. The van der Waals surface area contributed by atoms with E-state index in [1.807, 2.05) is 13.8 Å². The Kier molecular flexibility index (Phi) is 5.24. The van der Waals surface area contributed by atoms with Crippen LogP contribution in [0.15, 0.2) is 4.52 Å². The number of hydrogen-bond acceptors (Lipinski definition) is 9. The van der Waals surface area contributed by atoms with Gasteiger partial charge in [0.25, 0.3) is 0 Å². The average Bonchev–Trinajstić information content (AvgIpc) is 3.13. The first-order valence-electron chi connectivity index (χ1n) is 7.96. The van der Waals surface area contributed by atoms with Gasteiger partial charge in [0.15, 0.2) is 0 Å². The molecule has 1 amide bonds. The maximum atomic E-state index is 12.2. The second kappa shape index (κ2) is 7.57. The average molecular weight is 351 g/mol. The first-order valence-corrected chi connectivity index (χ1v) is 7.96. The molecule has 1 fully saturated rings. The molecule has 2 aromatic rings. The van der Waals surface area contributed by atoms with Crippen LogP contribution in [0, 0.1) is 13.8 Å². The Balaban J connectivity index is 1.57. The van der Waals surface area contributed by atoms with Gasteiger partial charge < -0.3 is 25.0 Å². The van der Waals surface area contributed by atoms with Crippen LogP contribution in [0.4, 0.5) is 5.95 Å². The van der Waals surface area contributed by atoms with Crippen LogP contribution in [0.5, 0.6) is 0 Å². The Labute approximate surface area is 143 Å². The molecule has 1 aliphatic heterocycles. The monoisotopic (exact) mass is 351 g/mol. The molecule has 11 heteroatoms. The molecule has 0 aromatic carbocycles. The topological polar surface area (TPSA) is 143 Å². The van der Waals surface area contributed by atoms with E-state index in [1.165, 1.54) is 4.68 Å². The van der Waals surface area contributed by atoms with Crippen LogP contribution in [0.2, 0.25) is 0 Å². The van der Waals surface area contributed by atoms with Crippen molar-refractivity contribution in [3.63, 3.8) is 0 Å². The highest BCUT2D eigenvalue weighted by Gasteiger charge is 2.29. The number of anilines is 1. The summed E-state index contributed by atoms with van der Waals surface area (Å²) in [6.45, 7) is 4.99. The number of carbonyl (C=O) groups is 1. The van der Waals surface area contributed by atoms with Crippen LogP contribution < -0.4 is 11.1 Å². The highest BCUT2D eigenvalue weighted by atomic mass is 16.5. The minimum atomic E-state index is -0.264. The molecule has 136 valence electrons. The number of tetrazole rings is 1. The number of carbonyl (C=O) groups excluding carboxylic acids is 1. The largest absolute Gasteiger partial charge is 0.379 e. The lowest BCUT2D eigenvalue weighted by molar-refractivity contribution is -0.127. The van der Waals surface area contributed by atoms with Crippen LogP contribution in [-0.2, 0) is 27.4 Å². The van der Waals surface area contributed by atoms with Crippen LogP contribution in [0.25, 0.3) is 0 Å². The lowest BCUT2D eigenvalue weighted by Crippen LogP contribution is -2.51. The molecule has 0 bridgehead atoms. The van der Waals surface area contributed by atoms with E-state index in [-0.39, 0.29) is 30.5 Å². The molecule has 11 nitrogen and oxygen atoms in total. The first-order chi connectivity index (χ1) is 12.0. The van der Waals surface area contributed by atoms with Crippen molar-refractivity contribution in [2.75, 3.05) is 18.9 Å². The molecule has 1 saturated heterocycles. The number of nitrogens with zero attached hydrogens (tertiary/aromatic N) is 5. The lowest BCUT2D eigenvalue weighted by Gasteiger charge is -2.32. The van der Waals surface area contributed by atoms with Gasteiger partial charge in [-0.25, -0.2) is 4.68 Å². The third kappa shape index (κ3) is 4.12. The summed E-state index contributed by atoms with van der Waals surface area (Å²) in [6, 6.07) is -0.264. The Morgan fingerprint density at radius 1 is 1.48 bits per heavy atom. The standard InChI is InChI=1S/C14H21N7O4/c1-8-10(9(2)25-18-8)6-24-12-3-4-23-7-11(12)16-13(22)5-21-14(15)17-19-20-21/h11-12H,3-7H2,1-2H3,(H,16,22)(H2,15,17,20)/t11-,12+/m1/s1. The highest BCUT2D eigenvalue weighted by molar-refractivity contribution is 5.76. The number of nitrogens with two attached hydrogens (primary N) is 1. The first kappa shape index (κ1) is 17.3. The predicted octanol–water partition coefficient (Wildman–Crippen LogP) is -0.649. The molecule has 0 unspecified atom stereocenters. The second-order valence-electron chi connectivity index (χ2n) is 5.88. The lowest BCUT2D eigenvalue weighted by atomic mass is 10.1. The normalized spacial score (nSPS) is 20.6. The molecular weight excluding hydrogens is 330 g/mol. The maximum absolute atomic E-state index is 12.2. The molecule has 3 heterocycles. The molecule has 0 radical (unpaired) electrons. The molecule has 1 aliphatic rings. The molecule has 0 aliphatic carbocycles.